The lowest BCUT2D eigenvalue weighted by molar-refractivity contribution is 0.507. The first-order valence-corrected chi connectivity index (χ1v) is 5.91. The molecular weight excluding hydrogens is 186 g/mol. The van der Waals surface area contributed by atoms with Crippen LogP contribution in [0.2, 0.25) is 0 Å². The highest BCUT2D eigenvalue weighted by Gasteiger charge is 2.04. The molecule has 3 heteroatoms. The number of nitrogens with one attached hydrogen (secondary N) is 1. The van der Waals surface area contributed by atoms with Crippen LogP contribution in [0.3, 0.4) is 0 Å². The fourth-order valence-electron chi connectivity index (χ4n) is 1.61. The van der Waals surface area contributed by atoms with Gasteiger partial charge in [0.05, 0.1) is 5.69 Å². The zero-order valence-electron chi connectivity index (χ0n) is 10.3. The van der Waals surface area contributed by atoms with Crippen molar-refractivity contribution < 1.29 is 0 Å². The van der Waals surface area contributed by atoms with E-state index in [0.29, 0.717) is 12.1 Å². The van der Waals surface area contributed by atoms with Gasteiger partial charge in [-0.25, -0.2) is 0 Å². The molecule has 0 saturated heterocycles. The summed E-state index contributed by atoms with van der Waals surface area (Å²) in [4.78, 5) is 0. The van der Waals surface area contributed by atoms with E-state index in [4.69, 9.17) is 0 Å². The molecule has 1 aromatic heterocycles. The summed E-state index contributed by atoms with van der Waals surface area (Å²) in [6.45, 7) is 9.71. The van der Waals surface area contributed by atoms with E-state index in [1.807, 2.05) is 4.68 Å². The molecular formula is C12H23N3. The van der Waals surface area contributed by atoms with Crippen molar-refractivity contribution in [3.05, 3.63) is 18.0 Å². The van der Waals surface area contributed by atoms with Crippen LogP contribution < -0.4 is 5.32 Å². The van der Waals surface area contributed by atoms with Crippen LogP contribution in [0.5, 0.6) is 0 Å². The van der Waals surface area contributed by atoms with Crippen LogP contribution in [0.15, 0.2) is 12.3 Å². The lowest BCUT2D eigenvalue weighted by Gasteiger charge is -2.10. The van der Waals surface area contributed by atoms with E-state index in [1.54, 1.807) is 0 Å². The van der Waals surface area contributed by atoms with E-state index in [-0.39, 0.29) is 0 Å². The first kappa shape index (κ1) is 12.2. The van der Waals surface area contributed by atoms with E-state index in [2.05, 4.69) is 50.4 Å². The maximum absolute atomic E-state index is 4.53. The van der Waals surface area contributed by atoms with Gasteiger partial charge in [-0.3, -0.25) is 4.68 Å². The fourth-order valence-corrected chi connectivity index (χ4v) is 1.61. The van der Waals surface area contributed by atoms with Gasteiger partial charge in [0, 0.05) is 18.3 Å². The first-order chi connectivity index (χ1) is 7.13. The molecule has 0 aliphatic rings. The number of hydrogen-bond donors (Lipinski definition) is 1. The first-order valence-electron chi connectivity index (χ1n) is 5.91. The number of aromatic nitrogens is 2. The molecule has 0 saturated carbocycles. The average molecular weight is 209 g/mol. The van der Waals surface area contributed by atoms with E-state index in [0.717, 1.165) is 19.4 Å². The molecule has 1 aromatic rings. The van der Waals surface area contributed by atoms with Gasteiger partial charge in [0.25, 0.3) is 0 Å². The Kier molecular flexibility index (Phi) is 4.82. The molecule has 1 unspecified atom stereocenters. The summed E-state index contributed by atoms with van der Waals surface area (Å²) in [6.07, 6.45) is 4.29. The molecule has 0 spiro atoms. The Morgan fingerprint density at radius 3 is 2.67 bits per heavy atom. The van der Waals surface area contributed by atoms with Crippen LogP contribution in [0, 0.1) is 0 Å². The van der Waals surface area contributed by atoms with Crippen molar-refractivity contribution >= 4 is 0 Å². The third kappa shape index (κ3) is 4.04. The topological polar surface area (TPSA) is 29.9 Å². The molecule has 0 radical (unpaired) electrons. The highest BCUT2D eigenvalue weighted by Crippen LogP contribution is 2.07. The van der Waals surface area contributed by atoms with Crippen molar-refractivity contribution in [2.45, 2.75) is 52.6 Å². The standard InChI is InChI=1S/C12H23N3/c1-5-13-11(4)6-7-12-8-9-15(14-12)10(2)3/h8-11,13H,5-7H2,1-4H3. The van der Waals surface area contributed by atoms with Gasteiger partial charge in [-0.05, 0) is 46.2 Å². The third-order valence-electron chi connectivity index (χ3n) is 2.58. The smallest absolute Gasteiger partial charge is 0.0625 e. The largest absolute Gasteiger partial charge is 0.315 e. The SMILES string of the molecule is CCNC(C)CCc1ccn(C(C)C)n1. The van der Waals surface area contributed by atoms with Crippen LogP contribution in [-0.4, -0.2) is 22.4 Å². The predicted octanol–water partition coefficient (Wildman–Crippen LogP) is 2.39. The monoisotopic (exact) mass is 209 g/mol. The van der Waals surface area contributed by atoms with Crippen molar-refractivity contribution in [2.24, 2.45) is 0 Å². The average Bonchev–Trinajstić information content (AvgIpc) is 2.63. The Hall–Kier alpha value is -0.830. The normalized spacial score (nSPS) is 13.4. The summed E-state index contributed by atoms with van der Waals surface area (Å²) >= 11 is 0. The molecule has 0 aliphatic carbocycles. The molecule has 0 aromatic carbocycles. The minimum Gasteiger partial charge on any atom is -0.315 e. The summed E-state index contributed by atoms with van der Waals surface area (Å²) < 4.78 is 2.02. The molecule has 0 fully saturated rings. The molecule has 0 bridgehead atoms. The molecule has 1 rings (SSSR count). The Balaban J connectivity index is 2.37. The molecule has 86 valence electrons. The minimum absolute atomic E-state index is 0.463. The van der Waals surface area contributed by atoms with Gasteiger partial charge in [0.15, 0.2) is 0 Å². The van der Waals surface area contributed by atoms with Crippen LogP contribution in [-0.2, 0) is 6.42 Å². The Morgan fingerprint density at radius 2 is 2.13 bits per heavy atom. The van der Waals surface area contributed by atoms with Crippen molar-refractivity contribution in [3.63, 3.8) is 0 Å². The van der Waals surface area contributed by atoms with Crippen LogP contribution in [0.1, 0.15) is 45.9 Å². The van der Waals surface area contributed by atoms with Crippen molar-refractivity contribution in [3.8, 4) is 0 Å². The van der Waals surface area contributed by atoms with Crippen LogP contribution >= 0.6 is 0 Å². The summed E-state index contributed by atoms with van der Waals surface area (Å²) in [5.74, 6) is 0. The van der Waals surface area contributed by atoms with Gasteiger partial charge >= 0.3 is 0 Å². The van der Waals surface area contributed by atoms with Gasteiger partial charge in [0.2, 0.25) is 0 Å². The molecule has 0 aliphatic heterocycles. The van der Waals surface area contributed by atoms with Crippen molar-refractivity contribution in [1.82, 2.24) is 15.1 Å². The number of rotatable bonds is 6. The Labute approximate surface area is 92.9 Å². The number of nitrogens with zero attached hydrogens (tertiary/aromatic N) is 2. The van der Waals surface area contributed by atoms with Crippen molar-refractivity contribution in [2.75, 3.05) is 6.54 Å². The van der Waals surface area contributed by atoms with Crippen LogP contribution in [0.25, 0.3) is 0 Å². The van der Waals surface area contributed by atoms with Gasteiger partial charge in [-0.2, -0.15) is 5.10 Å². The Morgan fingerprint density at radius 1 is 1.40 bits per heavy atom. The molecule has 0 amide bonds. The second-order valence-electron chi connectivity index (χ2n) is 4.38. The van der Waals surface area contributed by atoms with Gasteiger partial charge in [-0.15, -0.1) is 0 Å². The van der Waals surface area contributed by atoms with Gasteiger partial charge in [0.1, 0.15) is 0 Å². The van der Waals surface area contributed by atoms with E-state index < -0.39 is 0 Å². The molecule has 15 heavy (non-hydrogen) atoms. The summed E-state index contributed by atoms with van der Waals surface area (Å²) in [7, 11) is 0. The second kappa shape index (κ2) is 5.91. The zero-order chi connectivity index (χ0) is 11.3. The van der Waals surface area contributed by atoms with Crippen molar-refractivity contribution in [1.29, 1.82) is 0 Å². The quantitative estimate of drug-likeness (QED) is 0.779. The zero-order valence-corrected chi connectivity index (χ0v) is 10.3. The van der Waals surface area contributed by atoms with Gasteiger partial charge < -0.3 is 5.32 Å². The van der Waals surface area contributed by atoms with Gasteiger partial charge in [-0.1, -0.05) is 6.92 Å². The molecule has 3 nitrogen and oxygen atoms in total. The summed E-state index contributed by atoms with van der Waals surface area (Å²) in [6, 6.07) is 3.17. The predicted molar refractivity (Wildman–Crippen MR) is 64.1 cm³/mol. The molecule has 1 heterocycles. The maximum Gasteiger partial charge on any atom is 0.0625 e. The molecule has 1 N–H and O–H groups in total. The number of aryl methyl sites for hydroxylation is 1. The van der Waals surface area contributed by atoms with E-state index in [9.17, 15) is 0 Å². The lowest BCUT2D eigenvalue weighted by atomic mass is 10.1. The highest BCUT2D eigenvalue weighted by atomic mass is 15.3. The van der Waals surface area contributed by atoms with Crippen LogP contribution in [0.4, 0.5) is 0 Å². The Bertz CT molecular complexity index is 278. The highest BCUT2D eigenvalue weighted by molar-refractivity contribution is 5.00. The van der Waals surface area contributed by atoms with E-state index in [1.165, 1.54) is 5.69 Å². The lowest BCUT2D eigenvalue weighted by Crippen LogP contribution is -2.25. The van der Waals surface area contributed by atoms with E-state index >= 15 is 0 Å². The third-order valence-corrected chi connectivity index (χ3v) is 2.58. The summed E-state index contributed by atoms with van der Waals surface area (Å²) in [5, 5.41) is 7.94. The minimum atomic E-state index is 0.463. The number of hydrogen-bond acceptors (Lipinski definition) is 2. The molecule has 1 atom stereocenters. The second-order valence-corrected chi connectivity index (χ2v) is 4.38. The summed E-state index contributed by atoms with van der Waals surface area (Å²) in [5.41, 5.74) is 1.20. The maximum atomic E-state index is 4.53. The fraction of sp³-hybridized carbons (Fsp3) is 0.750.